The minimum Gasteiger partial charge on any atom is -0.378 e. The molecule has 1 heterocycles. The van der Waals surface area contributed by atoms with Gasteiger partial charge in [-0.1, -0.05) is 0 Å². The molecule has 1 aromatic rings. The van der Waals surface area contributed by atoms with Crippen LogP contribution in [0.4, 0.5) is 13.2 Å². The lowest BCUT2D eigenvalue weighted by molar-refractivity contribution is -0.143. The largest absolute Gasteiger partial charge is 0.408 e. The van der Waals surface area contributed by atoms with E-state index in [1.54, 1.807) is 13.8 Å². The lowest BCUT2D eigenvalue weighted by atomic mass is 9.89. The summed E-state index contributed by atoms with van der Waals surface area (Å²) < 4.78 is 43.8. The fourth-order valence-electron chi connectivity index (χ4n) is 2.81. The van der Waals surface area contributed by atoms with Crippen LogP contribution in [0, 0.1) is 13.8 Å². The Labute approximate surface area is 133 Å². The summed E-state index contributed by atoms with van der Waals surface area (Å²) in [4.78, 5) is 12.1. The second-order valence-corrected chi connectivity index (χ2v) is 5.91. The molecule has 0 spiro atoms. The first-order valence-electron chi connectivity index (χ1n) is 7.70. The van der Waals surface area contributed by atoms with Gasteiger partial charge in [-0.3, -0.25) is 9.48 Å². The molecule has 1 N–H and O–H groups in total. The fraction of sp³-hybridized carbons (Fsp3) is 0.733. The number of halogens is 3. The van der Waals surface area contributed by atoms with E-state index in [-0.39, 0.29) is 24.5 Å². The van der Waals surface area contributed by atoms with Gasteiger partial charge in [0.05, 0.1) is 18.2 Å². The van der Waals surface area contributed by atoms with Gasteiger partial charge in [-0.25, -0.2) is 0 Å². The molecule has 8 heteroatoms. The van der Waals surface area contributed by atoms with E-state index in [1.165, 1.54) is 0 Å². The van der Waals surface area contributed by atoms with Gasteiger partial charge < -0.3 is 10.1 Å². The highest BCUT2D eigenvalue weighted by molar-refractivity contribution is 5.79. The Balaban J connectivity index is 1.91. The van der Waals surface area contributed by atoms with Crippen LogP contribution in [0.2, 0.25) is 0 Å². The molecule has 1 fully saturated rings. The molecule has 0 unspecified atom stereocenters. The summed E-state index contributed by atoms with van der Waals surface area (Å²) in [5, 5.41) is 6.78. The molecule has 2 rings (SSSR count). The average molecular weight is 333 g/mol. The van der Waals surface area contributed by atoms with Crippen molar-refractivity contribution in [2.24, 2.45) is 0 Å². The van der Waals surface area contributed by atoms with Crippen molar-refractivity contribution in [3.63, 3.8) is 0 Å². The third-order valence-electron chi connectivity index (χ3n) is 4.06. The molecule has 0 aromatic carbocycles. The predicted molar refractivity (Wildman–Crippen MR) is 78.0 cm³/mol. The summed E-state index contributed by atoms with van der Waals surface area (Å²) in [5.74, 6) is -0.192. The molecule has 0 radical (unpaired) electrons. The first kappa shape index (κ1) is 17.8. The molecule has 130 valence electrons. The first-order valence-corrected chi connectivity index (χ1v) is 7.70. The number of ether oxygens (including phenoxy) is 1. The van der Waals surface area contributed by atoms with Crippen molar-refractivity contribution in [1.82, 2.24) is 15.1 Å². The van der Waals surface area contributed by atoms with E-state index >= 15 is 0 Å². The fourth-order valence-corrected chi connectivity index (χ4v) is 2.81. The van der Waals surface area contributed by atoms with Crippen LogP contribution in [0.5, 0.6) is 0 Å². The minimum absolute atomic E-state index is 0.0469. The maximum Gasteiger partial charge on any atom is 0.408 e. The number of aryl methyl sites for hydroxylation is 1. The van der Waals surface area contributed by atoms with Crippen LogP contribution in [0.1, 0.15) is 36.7 Å². The van der Waals surface area contributed by atoms with Gasteiger partial charge in [0, 0.05) is 23.9 Å². The van der Waals surface area contributed by atoms with Crippen molar-refractivity contribution < 1.29 is 22.7 Å². The van der Waals surface area contributed by atoms with E-state index in [2.05, 4.69) is 10.4 Å². The van der Waals surface area contributed by atoms with E-state index in [1.807, 2.05) is 6.92 Å². The smallest absolute Gasteiger partial charge is 0.378 e. The van der Waals surface area contributed by atoms with Crippen molar-refractivity contribution in [1.29, 1.82) is 0 Å². The Morgan fingerprint density at radius 3 is 2.61 bits per heavy atom. The first-order chi connectivity index (χ1) is 10.7. The molecule has 0 aliphatic heterocycles. The van der Waals surface area contributed by atoms with Gasteiger partial charge in [-0.2, -0.15) is 18.3 Å². The Morgan fingerprint density at radius 1 is 1.39 bits per heavy atom. The predicted octanol–water partition coefficient (Wildman–Crippen LogP) is 2.29. The van der Waals surface area contributed by atoms with Crippen LogP contribution in [-0.2, 0) is 22.5 Å². The molecule has 0 saturated heterocycles. The molecule has 0 bridgehead atoms. The van der Waals surface area contributed by atoms with Gasteiger partial charge in [-0.05, 0) is 33.6 Å². The molecule has 23 heavy (non-hydrogen) atoms. The van der Waals surface area contributed by atoms with E-state index in [0.29, 0.717) is 23.6 Å². The second-order valence-electron chi connectivity index (χ2n) is 5.91. The number of nitrogens with zero attached hydrogens (tertiary/aromatic N) is 2. The van der Waals surface area contributed by atoms with Crippen LogP contribution in [-0.4, -0.2) is 40.6 Å². The molecule has 5 nitrogen and oxygen atoms in total. The van der Waals surface area contributed by atoms with Gasteiger partial charge in [0.15, 0.2) is 0 Å². The Kier molecular flexibility index (Phi) is 5.33. The van der Waals surface area contributed by atoms with Crippen LogP contribution in [0.3, 0.4) is 0 Å². The van der Waals surface area contributed by atoms with Gasteiger partial charge >= 0.3 is 6.18 Å². The summed E-state index contributed by atoms with van der Waals surface area (Å²) >= 11 is 0. The number of alkyl halides is 3. The Morgan fingerprint density at radius 2 is 2.04 bits per heavy atom. The highest BCUT2D eigenvalue weighted by Crippen LogP contribution is 2.24. The number of aromatic nitrogens is 2. The molecule has 1 aliphatic carbocycles. The Bertz CT molecular complexity index is 563. The van der Waals surface area contributed by atoms with Gasteiger partial charge in [0.25, 0.3) is 0 Å². The number of amides is 1. The van der Waals surface area contributed by atoms with Crippen LogP contribution >= 0.6 is 0 Å². The highest BCUT2D eigenvalue weighted by atomic mass is 19.4. The molecule has 1 saturated carbocycles. The van der Waals surface area contributed by atoms with Crippen molar-refractivity contribution >= 4 is 5.91 Å². The molecule has 1 amide bonds. The summed E-state index contributed by atoms with van der Waals surface area (Å²) in [6.45, 7) is 4.62. The number of hydrogen-bond acceptors (Lipinski definition) is 3. The third-order valence-corrected chi connectivity index (χ3v) is 4.06. The van der Waals surface area contributed by atoms with Crippen molar-refractivity contribution in [2.75, 3.05) is 6.61 Å². The SMILES string of the molecule is CCOC1CC(NC(=O)Cc2c(C)nn(CC(F)(F)F)c2C)C1. The van der Waals surface area contributed by atoms with E-state index in [9.17, 15) is 18.0 Å². The standard InChI is InChI=1S/C15H22F3N3O2/c1-4-23-12-5-11(6-12)19-14(22)7-13-9(2)20-21(10(13)3)8-15(16,17)18/h11-12H,4-8H2,1-3H3,(H,19,22). The number of carbonyl (C=O) groups excluding carboxylic acids is 1. The monoisotopic (exact) mass is 333 g/mol. The maximum absolute atomic E-state index is 12.5. The molecule has 1 aromatic heterocycles. The van der Waals surface area contributed by atoms with Crippen LogP contribution in [0.25, 0.3) is 0 Å². The third kappa shape index (κ3) is 4.70. The molecule has 1 aliphatic rings. The summed E-state index contributed by atoms with van der Waals surface area (Å²) in [7, 11) is 0. The quantitative estimate of drug-likeness (QED) is 0.869. The molecular weight excluding hydrogens is 311 g/mol. The summed E-state index contributed by atoms with van der Waals surface area (Å²) in [5.41, 5.74) is 1.41. The van der Waals surface area contributed by atoms with E-state index < -0.39 is 12.7 Å². The van der Waals surface area contributed by atoms with Crippen molar-refractivity contribution in [3.05, 3.63) is 17.0 Å². The highest BCUT2D eigenvalue weighted by Gasteiger charge is 2.32. The number of carbonyl (C=O) groups is 1. The zero-order valence-corrected chi connectivity index (χ0v) is 13.5. The Hall–Kier alpha value is -1.57. The number of hydrogen-bond donors (Lipinski definition) is 1. The normalized spacial score (nSPS) is 21.1. The topological polar surface area (TPSA) is 56.1 Å². The van der Waals surface area contributed by atoms with Gasteiger partial charge in [0.2, 0.25) is 5.91 Å². The average Bonchev–Trinajstić information content (AvgIpc) is 2.62. The second kappa shape index (κ2) is 6.90. The van der Waals surface area contributed by atoms with Gasteiger partial charge in [-0.15, -0.1) is 0 Å². The van der Waals surface area contributed by atoms with Crippen molar-refractivity contribution in [3.8, 4) is 0 Å². The van der Waals surface area contributed by atoms with E-state index in [0.717, 1.165) is 17.5 Å². The van der Waals surface area contributed by atoms with Crippen LogP contribution in [0.15, 0.2) is 0 Å². The number of rotatable bonds is 6. The lowest BCUT2D eigenvalue weighted by Gasteiger charge is -2.35. The van der Waals surface area contributed by atoms with Gasteiger partial charge in [0.1, 0.15) is 6.54 Å². The van der Waals surface area contributed by atoms with Crippen LogP contribution < -0.4 is 5.32 Å². The minimum atomic E-state index is -4.33. The molecular formula is C15H22F3N3O2. The lowest BCUT2D eigenvalue weighted by Crippen LogP contribution is -2.48. The number of nitrogens with one attached hydrogen (secondary N) is 1. The molecule has 0 atom stereocenters. The zero-order chi connectivity index (χ0) is 17.2. The summed E-state index contributed by atoms with van der Waals surface area (Å²) in [6, 6.07) is 0.0879. The summed E-state index contributed by atoms with van der Waals surface area (Å²) in [6.07, 6.45) is -2.52. The van der Waals surface area contributed by atoms with E-state index in [4.69, 9.17) is 4.74 Å². The van der Waals surface area contributed by atoms with Crippen molar-refractivity contribution in [2.45, 2.75) is 64.9 Å². The maximum atomic E-state index is 12.5. The zero-order valence-electron chi connectivity index (χ0n) is 13.5.